The number of carboxylic acids is 1. The zero-order valence-electron chi connectivity index (χ0n) is 12.2. The van der Waals surface area contributed by atoms with E-state index in [-0.39, 0.29) is 5.41 Å². The number of aryl methyl sites for hydroxylation is 1. The van der Waals surface area contributed by atoms with Crippen LogP contribution in [-0.2, 0) is 10.2 Å². The number of hydrogen-bond acceptors (Lipinski definition) is 3. The molecule has 0 atom stereocenters. The molecule has 20 heavy (non-hydrogen) atoms. The summed E-state index contributed by atoms with van der Waals surface area (Å²) in [6.45, 7) is 7.29. The predicted octanol–water partition coefficient (Wildman–Crippen LogP) is 2.91. The Labute approximate surface area is 118 Å². The fraction of sp³-hybridized carbons (Fsp3) is 0.562. The number of carbonyl (C=O) groups is 1. The Morgan fingerprint density at radius 3 is 2.20 bits per heavy atom. The molecule has 1 aliphatic carbocycles. The molecule has 1 aliphatic heterocycles. The fourth-order valence-corrected chi connectivity index (χ4v) is 2.71. The maximum atomic E-state index is 11.5. The number of ether oxygens (including phenoxy) is 2. The van der Waals surface area contributed by atoms with Crippen LogP contribution in [0.5, 0.6) is 11.5 Å². The lowest BCUT2D eigenvalue weighted by Crippen LogP contribution is -2.26. The van der Waals surface area contributed by atoms with E-state index < -0.39 is 11.4 Å². The van der Waals surface area contributed by atoms with Crippen LogP contribution in [0.2, 0.25) is 0 Å². The Hall–Kier alpha value is -1.71. The van der Waals surface area contributed by atoms with Crippen molar-refractivity contribution in [3.63, 3.8) is 0 Å². The van der Waals surface area contributed by atoms with E-state index in [0.717, 1.165) is 16.9 Å². The molecular weight excluding hydrogens is 256 g/mol. The average Bonchev–Trinajstić information content (AvgIpc) is 3.16. The summed E-state index contributed by atoms with van der Waals surface area (Å²) >= 11 is 0. The highest BCUT2D eigenvalue weighted by atomic mass is 16.5. The van der Waals surface area contributed by atoms with Gasteiger partial charge in [-0.3, -0.25) is 4.79 Å². The van der Waals surface area contributed by atoms with Crippen LogP contribution in [0.1, 0.15) is 37.8 Å². The van der Waals surface area contributed by atoms with Crippen molar-refractivity contribution in [2.75, 3.05) is 13.2 Å². The van der Waals surface area contributed by atoms with Gasteiger partial charge in [0.05, 0.1) is 18.6 Å². The highest BCUT2D eigenvalue weighted by molar-refractivity contribution is 5.85. The number of aliphatic carboxylic acids is 1. The molecule has 1 aromatic carbocycles. The van der Waals surface area contributed by atoms with Crippen LogP contribution < -0.4 is 9.47 Å². The van der Waals surface area contributed by atoms with Gasteiger partial charge in [0.25, 0.3) is 0 Å². The van der Waals surface area contributed by atoms with Crippen LogP contribution in [0, 0.1) is 12.3 Å². The first-order valence-corrected chi connectivity index (χ1v) is 6.98. The highest BCUT2D eigenvalue weighted by Gasteiger charge is 2.52. The molecule has 1 fully saturated rings. The maximum Gasteiger partial charge on any atom is 0.314 e. The molecule has 0 amide bonds. The van der Waals surface area contributed by atoms with E-state index in [1.54, 1.807) is 0 Å². The number of benzene rings is 1. The summed E-state index contributed by atoms with van der Waals surface area (Å²) in [5, 5.41) is 9.45. The Morgan fingerprint density at radius 1 is 1.15 bits per heavy atom. The summed E-state index contributed by atoms with van der Waals surface area (Å²) in [4.78, 5) is 11.5. The van der Waals surface area contributed by atoms with Gasteiger partial charge in [-0.2, -0.15) is 0 Å². The first-order valence-electron chi connectivity index (χ1n) is 6.98. The molecule has 1 N–H and O–H groups in total. The third-order valence-corrected chi connectivity index (χ3v) is 4.20. The van der Waals surface area contributed by atoms with E-state index in [1.165, 1.54) is 0 Å². The van der Waals surface area contributed by atoms with Gasteiger partial charge in [-0.05, 0) is 43.0 Å². The monoisotopic (exact) mass is 276 g/mol. The molecule has 108 valence electrons. The molecule has 0 bridgehead atoms. The van der Waals surface area contributed by atoms with Gasteiger partial charge in [-0.1, -0.05) is 13.8 Å². The van der Waals surface area contributed by atoms with Gasteiger partial charge >= 0.3 is 5.97 Å². The van der Waals surface area contributed by atoms with E-state index >= 15 is 0 Å². The third kappa shape index (κ3) is 2.03. The average molecular weight is 276 g/mol. The molecule has 0 unspecified atom stereocenters. The van der Waals surface area contributed by atoms with Gasteiger partial charge < -0.3 is 14.6 Å². The molecule has 3 rings (SSSR count). The van der Waals surface area contributed by atoms with Crippen LogP contribution in [0.3, 0.4) is 0 Å². The first kappa shape index (κ1) is 13.3. The maximum absolute atomic E-state index is 11.5. The summed E-state index contributed by atoms with van der Waals surface area (Å²) < 4.78 is 11.7. The second kappa shape index (κ2) is 4.14. The minimum atomic E-state index is -0.740. The number of fused-ring (bicyclic) bond motifs is 1. The Morgan fingerprint density at radius 2 is 1.70 bits per heavy atom. The molecular formula is C16H20O4. The van der Waals surface area contributed by atoms with Crippen LogP contribution in [0.4, 0.5) is 0 Å². The van der Waals surface area contributed by atoms with Crippen LogP contribution in [0.25, 0.3) is 0 Å². The molecule has 0 radical (unpaired) electrons. The predicted molar refractivity (Wildman–Crippen MR) is 74.5 cm³/mol. The second-order valence-electron chi connectivity index (χ2n) is 6.74. The SMILES string of the molecule is Cc1cc2c(cc1C1(C(=O)O)CC1)OCC(C)(C)CO2. The van der Waals surface area contributed by atoms with Gasteiger partial charge in [-0.15, -0.1) is 0 Å². The van der Waals surface area contributed by atoms with E-state index in [1.807, 2.05) is 19.1 Å². The van der Waals surface area contributed by atoms with Crippen LogP contribution >= 0.6 is 0 Å². The number of hydrogen-bond donors (Lipinski definition) is 1. The lowest BCUT2D eigenvalue weighted by molar-refractivity contribution is -0.140. The minimum Gasteiger partial charge on any atom is -0.489 e. The summed E-state index contributed by atoms with van der Waals surface area (Å²) in [6, 6.07) is 3.78. The van der Waals surface area contributed by atoms with Crippen molar-refractivity contribution < 1.29 is 19.4 Å². The summed E-state index contributed by atoms with van der Waals surface area (Å²) in [6.07, 6.45) is 1.41. The third-order valence-electron chi connectivity index (χ3n) is 4.20. The van der Waals surface area contributed by atoms with Crippen molar-refractivity contribution in [1.29, 1.82) is 0 Å². The zero-order chi connectivity index (χ0) is 14.5. The molecule has 1 saturated carbocycles. The molecule has 0 spiro atoms. The van der Waals surface area contributed by atoms with Crippen LogP contribution in [-0.4, -0.2) is 24.3 Å². The minimum absolute atomic E-state index is 0.0445. The van der Waals surface area contributed by atoms with Crippen molar-refractivity contribution in [1.82, 2.24) is 0 Å². The highest BCUT2D eigenvalue weighted by Crippen LogP contribution is 2.51. The summed E-state index contributed by atoms with van der Waals surface area (Å²) in [5.41, 5.74) is 1.08. The molecule has 4 nitrogen and oxygen atoms in total. The topological polar surface area (TPSA) is 55.8 Å². The lowest BCUT2D eigenvalue weighted by Gasteiger charge is -2.19. The standard InChI is InChI=1S/C16H20O4/c1-10-6-12-13(20-9-15(2,3)8-19-12)7-11(10)16(4-5-16)14(17)18/h6-7H,4-5,8-9H2,1-3H3,(H,17,18). The zero-order valence-corrected chi connectivity index (χ0v) is 12.2. The van der Waals surface area contributed by atoms with Crippen molar-refractivity contribution in [2.45, 2.75) is 39.0 Å². The first-order chi connectivity index (χ1) is 9.34. The number of rotatable bonds is 2. The Bertz CT molecular complexity index is 570. The normalized spacial score (nSPS) is 21.9. The van der Waals surface area contributed by atoms with Gasteiger partial charge in [0, 0.05) is 5.41 Å². The Balaban J connectivity index is 2.01. The molecule has 1 heterocycles. The van der Waals surface area contributed by atoms with E-state index in [0.29, 0.717) is 31.8 Å². The molecule has 0 saturated heterocycles. The van der Waals surface area contributed by atoms with E-state index in [9.17, 15) is 9.90 Å². The largest absolute Gasteiger partial charge is 0.489 e. The van der Waals surface area contributed by atoms with E-state index in [2.05, 4.69) is 13.8 Å². The van der Waals surface area contributed by atoms with Crippen LogP contribution in [0.15, 0.2) is 12.1 Å². The smallest absolute Gasteiger partial charge is 0.314 e. The fourth-order valence-electron chi connectivity index (χ4n) is 2.71. The molecule has 2 aliphatic rings. The van der Waals surface area contributed by atoms with Gasteiger partial charge in [-0.25, -0.2) is 0 Å². The van der Waals surface area contributed by atoms with Gasteiger partial charge in [0.15, 0.2) is 11.5 Å². The number of carboxylic acid groups (broad SMARTS) is 1. The van der Waals surface area contributed by atoms with Crippen molar-refractivity contribution in [3.05, 3.63) is 23.3 Å². The second-order valence-corrected chi connectivity index (χ2v) is 6.74. The van der Waals surface area contributed by atoms with E-state index in [4.69, 9.17) is 9.47 Å². The summed E-state index contributed by atoms with van der Waals surface area (Å²) in [7, 11) is 0. The van der Waals surface area contributed by atoms with Crippen molar-refractivity contribution in [2.24, 2.45) is 5.41 Å². The quantitative estimate of drug-likeness (QED) is 0.902. The van der Waals surface area contributed by atoms with Crippen molar-refractivity contribution in [3.8, 4) is 11.5 Å². The lowest BCUT2D eigenvalue weighted by atomic mass is 9.91. The van der Waals surface area contributed by atoms with Crippen molar-refractivity contribution >= 4 is 5.97 Å². The van der Waals surface area contributed by atoms with Gasteiger partial charge in [0.1, 0.15) is 0 Å². The molecule has 1 aromatic rings. The Kier molecular flexibility index (Phi) is 2.75. The van der Waals surface area contributed by atoms with Gasteiger partial charge in [0.2, 0.25) is 0 Å². The molecule has 0 aromatic heterocycles. The molecule has 4 heteroatoms. The summed E-state index contributed by atoms with van der Waals surface area (Å²) in [5.74, 6) is 0.650.